The minimum absolute atomic E-state index is 0.0718. The lowest BCUT2D eigenvalue weighted by Gasteiger charge is -2.37. The van der Waals surface area contributed by atoms with Crippen LogP contribution in [0, 0.1) is 0 Å². The van der Waals surface area contributed by atoms with Crippen molar-refractivity contribution in [3.63, 3.8) is 0 Å². The van der Waals surface area contributed by atoms with Crippen LogP contribution in [0.1, 0.15) is 52.4 Å². The van der Waals surface area contributed by atoms with Gasteiger partial charge < -0.3 is 0 Å². The maximum Gasteiger partial charge on any atom is 0.337 e. The zero-order valence-corrected chi connectivity index (χ0v) is 13.0. The summed E-state index contributed by atoms with van der Waals surface area (Å²) in [6, 6.07) is 0. The third-order valence-corrected chi connectivity index (χ3v) is 4.04. The summed E-state index contributed by atoms with van der Waals surface area (Å²) in [5.74, 6) is 0. The first-order valence-electron chi connectivity index (χ1n) is 6.33. The molecule has 0 rings (SSSR count). The Kier molecular flexibility index (Phi) is 8.83. The van der Waals surface area contributed by atoms with Gasteiger partial charge in [-0.3, -0.25) is 0 Å². The Bertz CT molecular complexity index is 206. The molecule has 0 aromatic rings. The summed E-state index contributed by atoms with van der Waals surface area (Å²) < 4.78 is -1.62. The standard InChI is InChI=1S/C12H23Cl3NO/c1-3-5-7-9-16(11-17,12(13,14)15)10-8-6-4-2/h11H,3-10H2,1-2H3/q+1. The summed E-state index contributed by atoms with van der Waals surface area (Å²) in [7, 11) is 0. The van der Waals surface area contributed by atoms with Gasteiger partial charge in [-0.1, -0.05) is 26.7 Å². The lowest BCUT2D eigenvalue weighted by atomic mass is 10.2. The fourth-order valence-corrected chi connectivity index (χ4v) is 2.45. The lowest BCUT2D eigenvalue weighted by molar-refractivity contribution is -0.856. The van der Waals surface area contributed by atoms with Crippen LogP contribution in [0.25, 0.3) is 0 Å². The summed E-state index contributed by atoms with van der Waals surface area (Å²) in [5.41, 5.74) is 0. The lowest BCUT2D eigenvalue weighted by Crippen LogP contribution is -2.56. The molecule has 1 amide bonds. The summed E-state index contributed by atoms with van der Waals surface area (Å²) >= 11 is 18.0. The van der Waals surface area contributed by atoms with Crippen molar-refractivity contribution < 1.29 is 9.28 Å². The Labute approximate surface area is 120 Å². The number of nitrogens with zero attached hydrogens (tertiary/aromatic N) is 1. The molecule has 0 aromatic heterocycles. The van der Waals surface area contributed by atoms with Gasteiger partial charge in [-0.05, 0) is 60.5 Å². The van der Waals surface area contributed by atoms with Crippen LogP contribution >= 0.6 is 34.8 Å². The molecule has 0 saturated heterocycles. The van der Waals surface area contributed by atoms with Crippen LogP contribution in [0.5, 0.6) is 0 Å². The molecule has 0 N–H and O–H groups in total. The largest absolute Gasteiger partial charge is 0.337 e. The van der Waals surface area contributed by atoms with Gasteiger partial charge in [-0.25, -0.2) is 9.28 Å². The molecule has 0 bridgehead atoms. The van der Waals surface area contributed by atoms with Crippen molar-refractivity contribution in [3.8, 4) is 0 Å². The van der Waals surface area contributed by atoms with Crippen molar-refractivity contribution >= 4 is 41.2 Å². The van der Waals surface area contributed by atoms with E-state index >= 15 is 0 Å². The van der Waals surface area contributed by atoms with Crippen molar-refractivity contribution in [3.05, 3.63) is 0 Å². The number of halogens is 3. The topological polar surface area (TPSA) is 17.1 Å². The maximum atomic E-state index is 11.4. The van der Waals surface area contributed by atoms with Crippen LogP contribution in [-0.2, 0) is 4.79 Å². The number of hydrogen-bond donors (Lipinski definition) is 0. The molecule has 17 heavy (non-hydrogen) atoms. The van der Waals surface area contributed by atoms with Crippen LogP contribution in [0.2, 0.25) is 0 Å². The highest BCUT2D eigenvalue weighted by atomic mass is 35.6. The molecule has 0 aliphatic rings. The highest BCUT2D eigenvalue weighted by Crippen LogP contribution is 2.37. The van der Waals surface area contributed by atoms with E-state index in [0.29, 0.717) is 13.1 Å². The predicted molar refractivity (Wildman–Crippen MR) is 75.4 cm³/mol. The zero-order valence-electron chi connectivity index (χ0n) is 10.7. The number of carbonyl (C=O) groups is 1. The van der Waals surface area contributed by atoms with E-state index in [-0.39, 0.29) is 4.48 Å². The van der Waals surface area contributed by atoms with Crippen molar-refractivity contribution in [2.75, 3.05) is 13.1 Å². The van der Waals surface area contributed by atoms with Crippen LogP contribution in [-0.4, -0.2) is 27.9 Å². The number of amides is 1. The van der Waals surface area contributed by atoms with E-state index in [1.165, 1.54) is 0 Å². The molecule has 0 heterocycles. The van der Waals surface area contributed by atoms with Gasteiger partial charge in [0, 0.05) is 0 Å². The van der Waals surface area contributed by atoms with E-state index in [1.807, 2.05) is 0 Å². The molecule has 0 unspecified atom stereocenters. The monoisotopic (exact) mass is 302 g/mol. The molecule has 0 aliphatic carbocycles. The summed E-state index contributed by atoms with van der Waals surface area (Å²) in [5, 5.41) is 0. The van der Waals surface area contributed by atoms with Gasteiger partial charge in [0.2, 0.25) is 0 Å². The first-order valence-corrected chi connectivity index (χ1v) is 7.47. The SMILES string of the molecule is CCCCC[N+](C=O)(CCCCC)C(Cl)(Cl)Cl. The fraction of sp³-hybridized carbons (Fsp3) is 0.917. The van der Waals surface area contributed by atoms with E-state index in [9.17, 15) is 4.79 Å². The van der Waals surface area contributed by atoms with Gasteiger partial charge in [0.1, 0.15) is 0 Å². The number of unbranched alkanes of at least 4 members (excludes halogenated alkanes) is 4. The second-order valence-corrected chi connectivity index (χ2v) is 6.69. The van der Waals surface area contributed by atoms with Crippen LogP contribution in [0.4, 0.5) is 0 Å². The quantitative estimate of drug-likeness (QED) is 0.199. The molecular weight excluding hydrogens is 280 g/mol. The van der Waals surface area contributed by atoms with E-state index in [0.717, 1.165) is 44.9 Å². The third kappa shape index (κ3) is 5.78. The van der Waals surface area contributed by atoms with E-state index in [2.05, 4.69) is 13.8 Å². The van der Waals surface area contributed by atoms with Crippen molar-refractivity contribution in [2.45, 2.75) is 56.3 Å². The van der Waals surface area contributed by atoms with Crippen LogP contribution in [0.15, 0.2) is 0 Å². The first kappa shape index (κ1) is 17.5. The second-order valence-electron chi connectivity index (χ2n) is 4.47. The van der Waals surface area contributed by atoms with Gasteiger partial charge in [0.25, 0.3) is 0 Å². The summed E-state index contributed by atoms with van der Waals surface area (Å²) in [4.78, 5) is 11.4. The van der Waals surface area contributed by atoms with E-state index in [4.69, 9.17) is 34.8 Å². The number of hydrogen-bond acceptors (Lipinski definition) is 1. The predicted octanol–water partition coefficient (Wildman–Crippen LogP) is 4.67. The maximum absolute atomic E-state index is 11.4. The molecule has 102 valence electrons. The first-order chi connectivity index (χ1) is 7.93. The second kappa shape index (κ2) is 8.58. The van der Waals surface area contributed by atoms with Gasteiger partial charge in [0.15, 0.2) is 0 Å². The Morgan fingerprint density at radius 2 is 1.35 bits per heavy atom. The van der Waals surface area contributed by atoms with E-state index < -0.39 is 3.92 Å². The molecule has 0 spiro atoms. The van der Waals surface area contributed by atoms with Gasteiger partial charge in [-0.15, -0.1) is 0 Å². The molecule has 0 aliphatic heterocycles. The van der Waals surface area contributed by atoms with Crippen molar-refractivity contribution in [2.24, 2.45) is 0 Å². The molecule has 5 heteroatoms. The smallest absolute Gasteiger partial charge is 0.234 e. The number of alkyl halides is 3. The van der Waals surface area contributed by atoms with Crippen LogP contribution < -0.4 is 0 Å². The Balaban J connectivity index is 4.58. The Morgan fingerprint density at radius 1 is 0.941 bits per heavy atom. The molecule has 0 radical (unpaired) electrons. The molecule has 0 saturated carbocycles. The molecule has 0 fully saturated rings. The van der Waals surface area contributed by atoms with Gasteiger partial charge in [0.05, 0.1) is 13.1 Å². The Hall–Kier alpha value is 0.500. The van der Waals surface area contributed by atoms with Crippen molar-refractivity contribution in [1.82, 2.24) is 0 Å². The summed E-state index contributed by atoms with van der Waals surface area (Å²) in [6.07, 6.45) is 6.93. The number of carbonyl (C=O) groups excluding carboxylic acids is 1. The average Bonchev–Trinajstić information content (AvgIpc) is 2.26. The minimum atomic E-state index is -1.55. The number of quaternary nitrogens is 1. The van der Waals surface area contributed by atoms with Crippen LogP contribution in [0.3, 0.4) is 0 Å². The molecular formula is C12H23Cl3NO+. The third-order valence-electron chi connectivity index (χ3n) is 3.03. The molecule has 0 atom stereocenters. The molecule has 2 nitrogen and oxygen atoms in total. The molecule has 0 aromatic carbocycles. The van der Waals surface area contributed by atoms with Crippen molar-refractivity contribution in [1.29, 1.82) is 0 Å². The van der Waals surface area contributed by atoms with Gasteiger partial charge in [-0.2, -0.15) is 0 Å². The highest BCUT2D eigenvalue weighted by molar-refractivity contribution is 6.66. The summed E-state index contributed by atoms with van der Waals surface area (Å²) in [6.45, 7) is 5.44. The average molecular weight is 304 g/mol. The van der Waals surface area contributed by atoms with Gasteiger partial charge >= 0.3 is 10.3 Å². The normalized spacial score (nSPS) is 12.8. The van der Waals surface area contributed by atoms with E-state index in [1.54, 1.807) is 0 Å². The Morgan fingerprint density at radius 3 is 1.59 bits per heavy atom. The number of rotatable bonds is 9. The highest BCUT2D eigenvalue weighted by Gasteiger charge is 2.47. The zero-order chi connectivity index (χ0) is 13.4. The minimum Gasteiger partial charge on any atom is -0.234 e. The fourth-order valence-electron chi connectivity index (χ4n) is 1.82.